The molecule has 0 aromatic heterocycles. The van der Waals surface area contributed by atoms with E-state index < -0.39 is 0 Å². The zero-order valence-electron chi connectivity index (χ0n) is 9.49. The number of amides is 1. The summed E-state index contributed by atoms with van der Waals surface area (Å²) in [4.78, 5) is 13.1. The van der Waals surface area contributed by atoms with Crippen molar-refractivity contribution in [1.82, 2.24) is 0 Å². The minimum atomic E-state index is 0.102. The van der Waals surface area contributed by atoms with Crippen molar-refractivity contribution in [1.29, 1.82) is 0 Å². The molecule has 3 nitrogen and oxygen atoms in total. The lowest BCUT2D eigenvalue weighted by Gasteiger charge is -2.15. The van der Waals surface area contributed by atoms with Crippen molar-refractivity contribution in [3.8, 4) is 5.75 Å². The van der Waals surface area contributed by atoms with Crippen LogP contribution in [0.15, 0.2) is 24.3 Å². The fraction of sp³-hybridized carbons (Fsp3) is 0.417. The van der Waals surface area contributed by atoms with Gasteiger partial charge in [-0.25, -0.2) is 0 Å². The fourth-order valence-corrected chi connectivity index (χ4v) is 1.41. The lowest BCUT2D eigenvalue weighted by molar-refractivity contribution is -0.118. The van der Waals surface area contributed by atoms with E-state index in [0.717, 1.165) is 11.4 Å². The van der Waals surface area contributed by atoms with Gasteiger partial charge >= 0.3 is 0 Å². The molecule has 1 amide bonds. The minimum absolute atomic E-state index is 0.102. The fourth-order valence-electron chi connectivity index (χ4n) is 1.41. The predicted molar refractivity (Wildman–Crippen MR) is 61.3 cm³/mol. The lowest BCUT2D eigenvalue weighted by atomic mass is 10.2. The number of rotatable bonds is 0. The molecule has 0 unspecified atom stereocenters. The standard InChI is InChI=1S/C10H11NO2.C2H6/c1-11-8-4-2-3-5-9(8)13-7-6-10(11)12;1-2/h2-5H,6-7H2,1H3;1-2H3. The van der Waals surface area contributed by atoms with E-state index in [4.69, 9.17) is 4.74 Å². The summed E-state index contributed by atoms with van der Waals surface area (Å²) in [7, 11) is 1.77. The molecular formula is C12H17NO2. The molecule has 0 fully saturated rings. The van der Waals surface area contributed by atoms with Crippen LogP contribution in [-0.2, 0) is 4.79 Å². The number of hydrogen-bond donors (Lipinski definition) is 0. The van der Waals surface area contributed by atoms with Crippen molar-refractivity contribution in [3.05, 3.63) is 24.3 Å². The highest BCUT2D eigenvalue weighted by molar-refractivity contribution is 5.94. The van der Waals surface area contributed by atoms with Gasteiger partial charge in [-0.2, -0.15) is 0 Å². The summed E-state index contributed by atoms with van der Waals surface area (Å²) in [6.45, 7) is 4.47. The van der Waals surface area contributed by atoms with Crippen LogP contribution in [0.5, 0.6) is 5.75 Å². The van der Waals surface area contributed by atoms with Gasteiger partial charge in [0.2, 0.25) is 5.91 Å². The van der Waals surface area contributed by atoms with Gasteiger partial charge in [0.15, 0.2) is 0 Å². The number of fused-ring (bicyclic) bond motifs is 1. The second kappa shape index (κ2) is 5.39. The highest BCUT2D eigenvalue weighted by Crippen LogP contribution is 2.29. The van der Waals surface area contributed by atoms with E-state index >= 15 is 0 Å². The van der Waals surface area contributed by atoms with Gasteiger partial charge in [-0.15, -0.1) is 0 Å². The van der Waals surface area contributed by atoms with Crippen LogP contribution in [0.2, 0.25) is 0 Å². The molecule has 1 aliphatic rings. The molecule has 2 rings (SSSR count). The van der Waals surface area contributed by atoms with E-state index in [1.54, 1.807) is 11.9 Å². The summed E-state index contributed by atoms with van der Waals surface area (Å²) in [5.74, 6) is 0.890. The number of ether oxygens (including phenoxy) is 1. The normalized spacial score (nSPS) is 14.3. The maximum Gasteiger partial charge on any atom is 0.230 e. The average Bonchev–Trinajstić information content (AvgIpc) is 2.44. The summed E-state index contributed by atoms with van der Waals surface area (Å²) in [5, 5.41) is 0. The number of carbonyl (C=O) groups excluding carboxylic acids is 1. The summed E-state index contributed by atoms with van der Waals surface area (Å²) in [5.41, 5.74) is 0.852. The highest BCUT2D eigenvalue weighted by Gasteiger charge is 2.18. The monoisotopic (exact) mass is 207 g/mol. The molecule has 1 aromatic rings. The summed E-state index contributed by atoms with van der Waals surface area (Å²) < 4.78 is 5.43. The van der Waals surface area contributed by atoms with Gasteiger partial charge in [-0.3, -0.25) is 4.79 Å². The molecule has 0 saturated heterocycles. The molecule has 82 valence electrons. The van der Waals surface area contributed by atoms with E-state index in [1.165, 1.54) is 0 Å². The largest absolute Gasteiger partial charge is 0.491 e. The Hall–Kier alpha value is -1.51. The summed E-state index contributed by atoms with van der Waals surface area (Å²) in [6, 6.07) is 7.57. The molecule has 0 N–H and O–H groups in total. The van der Waals surface area contributed by atoms with Gasteiger partial charge in [0.05, 0.1) is 18.7 Å². The first-order valence-electron chi connectivity index (χ1n) is 5.27. The SMILES string of the molecule is CC.CN1C(=O)CCOc2ccccc21. The van der Waals surface area contributed by atoms with Crippen LogP contribution < -0.4 is 9.64 Å². The summed E-state index contributed by atoms with van der Waals surface area (Å²) in [6.07, 6.45) is 0.450. The molecule has 0 aliphatic carbocycles. The van der Waals surface area contributed by atoms with Crippen LogP contribution >= 0.6 is 0 Å². The van der Waals surface area contributed by atoms with Crippen molar-refractivity contribution in [2.45, 2.75) is 20.3 Å². The second-order valence-corrected chi connectivity index (χ2v) is 3.02. The molecule has 1 heterocycles. The van der Waals surface area contributed by atoms with Crippen LogP contribution in [0.1, 0.15) is 20.3 Å². The molecule has 0 spiro atoms. The second-order valence-electron chi connectivity index (χ2n) is 3.02. The van der Waals surface area contributed by atoms with Crippen molar-refractivity contribution in [2.75, 3.05) is 18.6 Å². The third-order valence-corrected chi connectivity index (χ3v) is 2.17. The van der Waals surface area contributed by atoms with Gasteiger partial charge in [-0.05, 0) is 12.1 Å². The number of para-hydroxylation sites is 2. The van der Waals surface area contributed by atoms with Crippen molar-refractivity contribution in [2.24, 2.45) is 0 Å². The number of nitrogens with zero attached hydrogens (tertiary/aromatic N) is 1. The maximum absolute atomic E-state index is 11.4. The molecule has 0 radical (unpaired) electrons. The Morgan fingerprint density at radius 1 is 1.27 bits per heavy atom. The Labute approximate surface area is 90.7 Å². The number of benzene rings is 1. The molecule has 0 atom stereocenters. The Bertz CT molecular complexity index is 336. The number of carbonyl (C=O) groups is 1. The van der Waals surface area contributed by atoms with Gasteiger partial charge in [0.25, 0.3) is 0 Å². The van der Waals surface area contributed by atoms with E-state index in [1.807, 2.05) is 38.1 Å². The molecule has 1 aromatic carbocycles. The van der Waals surface area contributed by atoms with Crippen molar-refractivity contribution >= 4 is 11.6 Å². The maximum atomic E-state index is 11.4. The van der Waals surface area contributed by atoms with Crippen molar-refractivity contribution in [3.63, 3.8) is 0 Å². The Kier molecular flexibility index (Phi) is 4.16. The number of hydrogen-bond acceptors (Lipinski definition) is 2. The molecular weight excluding hydrogens is 190 g/mol. The average molecular weight is 207 g/mol. The van der Waals surface area contributed by atoms with Crippen LogP contribution in [0.4, 0.5) is 5.69 Å². The zero-order valence-corrected chi connectivity index (χ0v) is 9.49. The van der Waals surface area contributed by atoms with Crippen LogP contribution in [0, 0.1) is 0 Å². The molecule has 15 heavy (non-hydrogen) atoms. The Morgan fingerprint density at radius 2 is 1.93 bits per heavy atom. The van der Waals surface area contributed by atoms with E-state index in [0.29, 0.717) is 13.0 Å². The minimum Gasteiger partial charge on any atom is -0.491 e. The smallest absolute Gasteiger partial charge is 0.230 e. The molecule has 0 saturated carbocycles. The molecule has 1 aliphatic heterocycles. The van der Waals surface area contributed by atoms with Gasteiger partial charge in [0, 0.05) is 7.05 Å². The van der Waals surface area contributed by atoms with Crippen LogP contribution in [0.25, 0.3) is 0 Å². The highest BCUT2D eigenvalue weighted by atomic mass is 16.5. The van der Waals surface area contributed by atoms with Gasteiger partial charge < -0.3 is 9.64 Å². The van der Waals surface area contributed by atoms with Gasteiger partial charge in [-0.1, -0.05) is 26.0 Å². The van der Waals surface area contributed by atoms with Crippen molar-refractivity contribution < 1.29 is 9.53 Å². The predicted octanol–water partition coefficient (Wildman–Crippen LogP) is 2.46. The zero-order chi connectivity index (χ0) is 11.3. The molecule has 0 bridgehead atoms. The van der Waals surface area contributed by atoms with E-state index in [9.17, 15) is 4.79 Å². The van der Waals surface area contributed by atoms with Crippen LogP contribution in [-0.4, -0.2) is 19.6 Å². The lowest BCUT2D eigenvalue weighted by Crippen LogP contribution is -2.24. The third kappa shape index (κ3) is 2.49. The first kappa shape index (κ1) is 11.6. The molecule has 3 heteroatoms. The van der Waals surface area contributed by atoms with E-state index in [-0.39, 0.29) is 5.91 Å². The Balaban J connectivity index is 0.000000531. The first-order valence-corrected chi connectivity index (χ1v) is 5.27. The Morgan fingerprint density at radius 3 is 2.67 bits per heavy atom. The third-order valence-electron chi connectivity index (χ3n) is 2.17. The van der Waals surface area contributed by atoms with Gasteiger partial charge in [0.1, 0.15) is 5.75 Å². The summed E-state index contributed by atoms with van der Waals surface area (Å²) >= 11 is 0. The van der Waals surface area contributed by atoms with E-state index in [2.05, 4.69) is 0 Å². The quantitative estimate of drug-likeness (QED) is 0.654. The number of anilines is 1. The topological polar surface area (TPSA) is 29.5 Å². The van der Waals surface area contributed by atoms with Crippen LogP contribution in [0.3, 0.4) is 0 Å². The first-order chi connectivity index (χ1) is 7.29.